The summed E-state index contributed by atoms with van der Waals surface area (Å²) < 4.78 is 0. The maximum absolute atomic E-state index is 12.0. The number of fused-ring (bicyclic) bond motifs is 1. The number of carbonyl (C=O) groups is 3. The molecular formula is C11H15NO3S. The Morgan fingerprint density at radius 2 is 2.25 bits per heavy atom. The van der Waals surface area contributed by atoms with Crippen molar-refractivity contribution in [2.24, 2.45) is 5.92 Å². The molecule has 2 unspecified atom stereocenters. The maximum Gasteiger partial charge on any atom is 0.227 e. The number of amides is 1. The van der Waals surface area contributed by atoms with Gasteiger partial charge in [-0.25, -0.2) is 0 Å². The van der Waals surface area contributed by atoms with E-state index in [9.17, 15) is 14.4 Å². The van der Waals surface area contributed by atoms with Gasteiger partial charge in [0.1, 0.15) is 0 Å². The van der Waals surface area contributed by atoms with Crippen LogP contribution in [-0.2, 0) is 14.4 Å². The summed E-state index contributed by atoms with van der Waals surface area (Å²) in [5.74, 6) is 0.404. The van der Waals surface area contributed by atoms with Gasteiger partial charge in [0.25, 0.3) is 0 Å². The Balaban J connectivity index is 2.02. The molecule has 0 aromatic rings. The van der Waals surface area contributed by atoms with Gasteiger partial charge in [0.2, 0.25) is 5.91 Å². The molecule has 4 nitrogen and oxygen atoms in total. The van der Waals surface area contributed by atoms with E-state index in [2.05, 4.69) is 0 Å². The van der Waals surface area contributed by atoms with Crippen molar-refractivity contribution in [3.8, 4) is 0 Å². The van der Waals surface area contributed by atoms with E-state index in [-0.39, 0.29) is 28.8 Å². The number of hydrogen-bond acceptors (Lipinski definition) is 4. The van der Waals surface area contributed by atoms with Gasteiger partial charge in [-0.3, -0.25) is 14.4 Å². The quantitative estimate of drug-likeness (QED) is 0.719. The van der Waals surface area contributed by atoms with Crippen LogP contribution in [0, 0.1) is 5.92 Å². The Labute approximate surface area is 98.7 Å². The number of piperidine rings is 1. The fourth-order valence-electron chi connectivity index (χ4n) is 2.41. The molecule has 16 heavy (non-hydrogen) atoms. The third kappa shape index (κ3) is 2.14. The average molecular weight is 241 g/mol. The lowest BCUT2D eigenvalue weighted by molar-refractivity contribution is -0.146. The van der Waals surface area contributed by atoms with Gasteiger partial charge in [-0.1, -0.05) is 11.8 Å². The molecule has 2 aliphatic rings. The molecule has 0 radical (unpaired) electrons. The predicted molar refractivity (Wildman–Crippen MR) is 61.0 cm³/mol. The molecule has 0 aliphatic carbocycles. The van der Waals surface area contributed by atoms with Crippen LogP contribution in [0.25, 0.3) is 0 Å². The standard InChI is InChI=1S/C11H15NO3S/c1-7(13)16-6-8-5-10(14)9-3-2-4-12(9)11(8)15/h8-9H,2-6H2,1H3. The summed E-state index contributed by atoms with van der Waals surface area (Å²) in [6.07, 6.45) is 2.06. The van der Waals surface area contributed by atoms with Crippen molar-refractivity contribution in [3.05, 3.63) is 0 Å². The SMILES string of the molecule is CC(=O)SCC1CC(=O)C2CCCN2C1=O. The second-order valence-corrected chi connectivity index (χ2v) is 5.56. The summed E-state index contributed by atoms with van der Waals surface area (Å²) in [5, 5.41) is 0.00351. The van der Waals surface area contributed by atoms with Gasteiger partial charge in [0.15, 0.2) is 10.9 Å². The first-order valence-electron chi connectivity index (χ1n) is 5.56. The minimum atomic E-state index is -0.282. The molecular weight excluding hydrogens is 226 g/mol. The molecule has 0 saturated carbocycles. The van der Waals surface area contributed by atoms with Gasteiger partial charge in [0.05, 0.1) is 12.0 Å². The molecule has 2 fully saturated rings. The normalized spacial score (nSPS) is 29.4. The van der Waals surface area contributed by atoms with Crippen LogP contribution < -0.4 is 0 Å². The Morgan fingerprint density at radius 3 is 2.94 bits per heavy atom. The number of Topliss-reactive ketones (excluding diaryl/α,β-unsaturated/α-hetero) is 1. The zero-order chi connectivity index (χ0) is 11.7. The number of carbonyl (C=O) groups excluding carboxylic acids is 3. The van der Waals surface area contributed by atoms with Crippen molar-refractivity contribution >= 4 is 28.6 Å². The highest BCUT2D eigenvalue weighted by molar-refractivity contribution is 8.13. The highest BCUT2D eigenvalue weighted by Gasteiger charge is 2.42. The van der Waals surface area contributed by atoms with E-state index < -0.39 is 0 Å². The molecule has 2 aliphatic heterocycles. The fraction of sp³-hybridized carbons (Fsp3) is 0.727. The number of rotatable bonds is 2. The number of hydrogen-bond donors (Lipinski definition) is 0. The zero-order valence-electron chi connectivity index (χ0n) is 9.27. The monoisotopic (exact) mass is 241 g/mol. The number of ketones is 1. The topological polar surface area (TPSA) is 54.5 Å². The van der Waals surface area contributed by atoms with Crippen molar-refractivity contribution in [1.82, 2.24) is 4.90 Å². The van der Waals surface area contributed by atoms with Crippen molar-refractivity contribution in [2.45, 2.75) is 32.2 Å². The van der Waals surface area contributed by atoms with E-state index in [1.165, 1.54) is 6.92 Å². The van der Waals surface area contributed by atoms with Crippen LogP contribution >= 0.6 is 11.8 Å². The van der Waals surface area contributed by atoms with Crippen molar-refractivity contribution in [2.75, 3.05) is 12.3 Å². The first-order chi connectivity index (χ1) is 7.59. The van der Waals surface area contributed by atoms with Crippen LogP contribution in [0.15, 0.2) is 0 Å². The maximum atomic E-state index is 12.0. The van der Waals surface area contributed by atoms with E-state index >= 15 is 0 Å². The van der Waals surface area contributed by atoms with Crippen LogP contribution in [0.4, 0.5) is 0 Å². The molecule has 0 spiro atoms. The zero-order valence-corrected chi connectivity index (χ0v) is 10.1. The van der Waals surface area contributed by atoms with Gasteiger partial charge in [-0.05, 0) is 12.8 Å². The third-order valence-corrected chi connectivity index (χ3v) is 4.17. The van der Waals surface area contributed by atoms with Crippen molar-refractivity contribution in [1.29, 1.82) is 0 Å². The largest absolute Gasteiger partial charge is 0.332 e. The molecule has 2 heterocycles. The van der Waals surface area contributed by atoms with E-state index in [1.807, 2.05) is 0 Å². The summed E-state index contributed by atoms with van der Waals surface area (Å²) in [7, 11) is 0. The first-order valence-corrected chi connectivity index (χ1v) is 6.54. The average Bonchev–Trinajstić information content (AvgIpc) is 2.70. The van der Waals surface area contributed by atoms with Gasteiger partial charge in [-0.2, -0.15) is 0 Å². The lowest BCUT2D eigenvalue weighted by Crippen LogP contribution is -2.50. The van der Waals surface area contributed by atoms with E-state index in [0.717, 1.165) is 24.6 Å². The van der Waals surface area contributed by atoms with Crippen LogP contribution in [0.5, 0.6) is 0 Å². The molecule has 2 saturated heterocycles. The van der Waals surface area contributed by atoms with E-state index in [1.54, 1.807) is 4.90 Å². The molecule has 88 valence electrons. The lowest BCUT2D eigenvalue weighted by Gasteiger charge is -2.33. The van der Waals surface area contributed by atoms with Crippen molar-refractivity contribution < 1.29 is 14.4 Å². The Bertz CT molecular complexity index is 342. The van der Waals surface area contributed by atoms with Crippen LogP contribution in [0.1, 0.15) is 26.2 Å². The Morgan fingerprint density at radius 1 is 1.50 bits per heavy atom. The molecule has 2 rings (SSSR count). The number of thioether (sulfide) groups is 1. The molecule has 0 aromatic heterocycles. The second-order valence-electron chi connectivity index (χ2n) is 4.36. The summed E-state index contributed by atoms with van der Waals surface area (Å²) in [6, 6.07) is -0.161. The second kappa shape index (κ2) is 4.57. The molecule has 0 aromatic carbocycles. The molecule has 1 amide bonds. The molecule has 0 bridgehead atoms. The summed E-state index contributed by atoms with van der Waals surface area (Å²) in [4.78, 5) is 36.4. The summed E-state index contributed by atoms with van der Waals surface area (Å²) >= 11 is 1.14. The summed E-state index contributed by atoms with van der Waals surface area (Å²) in [5.41, 5.74) is 0. The van der Waals surface area contributed by atoms with Crippen molar-refractivity contribution in [3.63, 3.8) is 0 Å². The van der Waals surface area contributed by atoms with Gasteiger partial charge >= 0.3 is 0 Å². The fourth-order valence-corrected chi connectivity index (χ4v) is 3.11. The lowest BCUT2D eigenvalue weighted by atomic mass is 9.93. The van der Waals surface area contributed by atoms with E-state index in [4.69, 9.17) is 0 Å². The first kappa shape index (κ1) is 11.6. The smallest absolute Gasteiger partial charge is 0.227 e. The minimum Gasteiger partial charge on any atom is -0.332 e. The highest BCUT2D eigenvalue weighted by Crippen LogP contribution is 2.30. The van der Waals surface area contributed by atoms with Gasteiger partial charge < -0.3 is 4.90 Å². The Kier molecular flexibility index (Phi) is 3.33. The molecule has 5 heteroatoms. The highest BCUT2D eigenvalue weighted by atomic mass is 32.2. The van der Waals surface area contributed by atoms with Gasteiger partial charge in [-0.15, -0.1) is 0 Å². The van der Waals surface area contributed by atoms with Crippen LogP contribution in [-0.4, -0.2) is 40.0 Å². The third-order valence-electron chi connectivity index (χ3n) is 3.19. The van der Waals surface area contributed by atoms with Crippen LogP contribution in [0.2, 0.25) is 0 Å². The van der Waals surface area contributed by atoms with Gasteiger partial charge in [0, 0.05) is 25.6 Å². The predicted octanol–water partition coefficient (Wildman–Crippen LogP) is 0.846. The van der Waals surface area contributed by atoms with E-state index in [0.29, 0.717) is 18.7 Å². The number of nitrogens with zero attached hydrogens (tertiary/aromatic N) is 1. The minimum absolute atomic E-state index is 0.00351. The molecule has 2 atom stereocenters. The van der Waals surface area contributed by atoms with Crippen LogP contribution in [0.3, 0.4) is 0 Å². The Hall–Kier alpha value is -0.840. The summed E-state index contributed by atoms with van der Waals surface area (Å²) in [6.45, 7) is 2.19. The molecule has 0 N–H and O–H groups in total.